The number of ether oxygens (including phenoxy) is 1. The zero-order chi connectivity index (χ0) is 14.6. The number of anilines is 1. The van der Waals surface area contributed by atoms with Crippen LogP contribution in [0.5, 0.6) is 0 Å². The Morgan fingerprint density at radius 2 is 2.05 bits per heavy atom. The highest BCUT2D eigenvalue weighted by molar-refractivity contribution is 5.96. The fourth-order valence-electron chi connectivity index (χ4n) is 1.33. The number of nitrogens with one attached hydrogen (secondary N) is 1. The molecule has 1 aromatic rings. The van der Waals surface area contributed by atoms with Crippen LogP contribution in [-0.4, -0.2) is 27.6 Å². The Kier molecular flexibility index (Phi) is 4.61. The third-order valence-electron chi connectivity index (χ3n) is 2.16. The van der Waals surface area contributed by atoms with E-state index in [0.29, 0.717) is 5.56 Å². The summed E-state index contributed by atoms with van der Waals surface area (Å²) in [6, 6.07) is 1.46. The molecule has 6 nitrogen and oxygen atoms in total. The maximum Gasteiger partial charge on any atom is 0.412 e. The number of ketones is 1. The smallest absolute Gasteiger partial charge is 0.412 e. The van der Waals surface area contributed by atoms with Gasteiger partial charge in [-0.2, -0.15) is 0 Å². The number of amides is 1. The molecule has 1 aromatic heterocycles. The van der Waals surface area contributed by atoms with Gasteiger partial charge < -0.3 is 9.84 Å². The molecule has 0 radical (unpaired) electrons. The first-order chi connectivity index (χ1) is 8.73. The van der Waals surface area contributed by atoms with Crippen molar-refractivity contribution in [2.45, 2.75) is 39.9 Å². The molecule has 0 atom stereocenters. The fraction of sp³-hybridized carbons (Fsp3) is 0.462. The Bertz CT molecular complexity index is 492. The van der Waals surface area contributed by atoms with E-state index in [2.05, 4.69) is 10.3 Å². The van der Waals surface area contributed by atoms with E-state index < -0.39 is 11.7 Å². The van der Waals surface area contributed by atoms with Crippen LogP contribution in [0.1, 0.15) is 43.7 Å². The first-order valence-electron chi connectivity index (χ1n) is 5.83. The Hall–Kier alpha value is -1.95. The molecule has 19 heavy (non-hydrogen) atoms. The zero-order valence-corrected chi connectivity index (χ0v) is 11.5. The normalized spacial score (nSPS) is 11.0. The molecule has 104 valence electrons. The van der Waals surface area contributed by atoms with E-state index in [0.717, 1.165) is 0 Å². The summed E-state index contributed by atoms with van der Waals surface area (Å²) < 4.78 is 5.10. The average molecular weight is 266 g/mol. The van der Waals surface area contributed by atoms with E-state index in [9.17, 15) is 9.59 Å². The molecule has 0 bridgehead atoms. The lowest BCUT2D eigenvalue weighted by Gasteiger charge is -2.20. The van der Waals surface area contributed by atoms with Crippen LogP contribution in [0.2, 0.25) is 0 Å². The molecule has 1 amide bonds. The average Bonchev–Trinajstić information content (AvgIpc) is 2.26. The summed E-state index contributed by atoms with van der Waals surface area (Å²) in [6.07, 6.45) is 0.693. The molecule has 0 spiro atoms. The van der Waals surface area contributed by atoms with Gasteiger partial charge in [-0.3, -0.25) is 15.1 Å². The molecule has 2 N–H and O–H groups in total. The summed E-state index contributed by atoms with van der Waals surface area (Å²) in [6.45, 7) is 6.27. The number of aromatic nitrogens is 1. The highest BCUT2D eigenvalue weighted by Gasteiger charge is 2.18. The zero-order valence-electron chi connectivity index (χ0n) is 11.5. The summed E-state index contributed by atoms with van der Waals surface area (Å²) in [4.78, 5) is 26.8. The second-order valence-corrected chi connectivity index (χ2v) is 5.06. The molecule has 6 heteroatoms. The van der Waals surface area contributed by atoms with Crippen molar-refractivity contribution in [1.82, 2.24) is 4.98 Å². The van der Waals surface area contributed by atoms with Gasteiger partial charge in [0, 0.05) is 11.8 Å². The Morgan fingerprint density at radius 3 is 2.53 bits per heavy atom. The predicted molar refractivity (Wildman–Crippen MR) is 70.0 cm³/mol. The van der Waals surface area contributed by atoms with Crippen molar-refractivity contribution in [2.24, 2.45) is 0 Å². The number of rotatable bonds is 3. The molecular formula is C13H18N2O4. The predicted octanol–water partition coefficient (Wildman–Crippen LogP) is 2.12. The van der Waals surface area contributed by atoms with Gasteiger partial charge in [0.05, 0.1) is 18.0 Å². The molecule has 0 aliphatic carbocycles. The summed E-state index contributed by atoms with van der Waals surface area (Å²) in [5.41, 5.74) is 0.262. The monoisotopic (exact) mass is 266 g/mol. The van der Waals surface area contributed by atoms with E-state index in [1.54, 1.807) is 20.8 Å². The molecule has 0 aromatic carbocycles. The Balaban J connectivity index is 2.95. The summed E-state index contributed by atoms with van der Waals surface area (Å²) in [5.74, 6) is -0.177. The molecule has 0 aliphatic heterocycles. The van der Waals surface area contributed by atoms with Crippen molar-refractivity contribution in [3.05, 3.63) is 23.5 Å². The van der Waals surface area contributed by atoms with Crippen molar-refractivity contribution in [3.63, 3.8) is 0 Å². The highest BCUT2D eigenvalue weighted by atomic mass is 16.6. The van der Waals surface area contributed by atoms with Crippen molar-refractivity contribution in [3.8, 4) is 0 Å². The van der Waals surface area contributed by atoms with Crippen molar-refractivity contribution >= 4 is 17.6 Å². The van der Waals surface area contributed by atoms with E-state index in [1.807, 2.05) is 0 Å². The van der Waals surface area contributed by atoms with E-state index in [4.69, 9.17) is 9.84 Å². The molecule has 0 aliphatic rings. The van der Waals surface area contributed by atoms with Crippen LogP contribution in [0.4, 0.5) is 10.5 Å². The van der Waals surface area contributed by atoms with E-state index in [1.165, 1.54) is 19.2 Å². The topological polar surface area (TPSA) is 88.5 Å². The maximum atomic E-state index is 11.6. The van der Waals surface area contributed by atoms with E-state index >= 15 is 0 Å². The number of Topliss-reactive ketones (excluding diaryl/α,β-unsaturated/α-hetero) is 1. The lowest BCUT2D eigenvalue weighted by Crippen LogP contribution is -2.27. The molecule has 0 fully saturated rings. The maximum absolute atomic E-state index is 11.6. The van der Waals surface area contributed by atoms with E-state index in [-0.39, 0.29) is 23.8 Å². The van der Waals surface area contributed by atoms with Crippen LogP contribution in [-0.2, 0) is 11.3 Å². The van der Waals surface area contributed by atoms with Crippen LogP contribution in [0.25, 0.3) is 0 Å². The highest BCUT2D eigenvalue weighted by Crippen LogP contribution is 2.17. The summed E-state index contributed by atoms with van der Waals surface area (Å²) in [7, 11) is 0. The van der Waals surface area contributed by atoms with Gasteiger partial charge in [-0.25, -0.2) is 4.79 Å². The number of hydrogen-bond donors (Lipinski definition) is 2. The van der Waals surface area contributed by atoms with Crippen LogP contribution in [0.15, 0.2) is 12.3 Å². The first kappa shape index (κ1) is 15.1. The lowest BCUT2D eigenvalue weighted by molar-refractivity contribution is 0.0635. The Labute approximate surface area is 111 Å². The van der Waals surface area contributed by atoms with Gasteiger partial charge in [0.1, 0.15) is 5.60 Å². The molecule has 1 heterocycles. The number of aliphatic hydroxyl groups excluding tert-OH is 1. The largest absolute Gasteiger partial charge is 0.444 e. The SMILES string of the molecule is CC(=O)c1cnc(CO)c(NC(=O)OC(C)(C)C)c1. The second-order valence-electron chi connectivity index (χ2n) is 5.06. The second kappa shape index (κ2) is 5.79. The van der Waals surface area contributed by atoms with Crippen molar-refractivity contribution in [1.29, 1.82) is 0 Å². The van der Waals surface area contributed by atoms with Gasteiger partial charge in [0.2, 0.25) is 0 Å². The summed E-state index contributed by atoms with van der Waals surface area (Å²) in [5, 5.41) is 11.6. The number of pyridine rings is 1. The Morgan fingerprint density at radius 1 is 1.42 bits per heavy atom. The number of hydrogen-bond acceptors (Lipinski definition) is 5. The molecule has 1 rings (SSSR count). The van der Waals surface area contributed by atoms with Gasteiger partial charge in [0.15, 0.2) is 5.78 Å². The molecule has 0 unspecified atom stereocenters. The minimum Gasteiger partial charge on any atom is -0.444 e. The van der Waals surface area contributed by atoms with Gasteiger partial charge in [0.25, 0.3) is 0 Å². The standard InChI is InChI=1S/C13H18N2O4/c1-8(17)9-5-10(11(7-16)14-6-9)15-12(18)19-13(2,3)4/h5-6,16H,7H2,1-4H3,(H,15,18). The van der Waals surface area contributed by atoms with Gasteiger partial charge in [-0.05, 0) is 33.8 Å². The number of carbonyl (C=O) groups is 2. The van der Waals surface area contributed by atoms with Gasteiger partial charge in [-0.1, -0.05) is 0 Å². The van der Waals surface area contributed by atoms with Crippen molar-refractivity contribution in [2.75, 3.05) is 5.32 Å². The minimum atomic E-state index is -0.662. The van der Waals surface area contributed by atoms with Crippen LogP contribution in [0, 0.1) is 0 Å². The van der Waals surface area contributed by atoms with Crippen LogP contribution >= 0.6 is 0 Å². The van der Waals surface area contributed by atoms with Crippen LogP contribution < -0.4 is 5.32 Å². The van der Waals surface area contributed by atoms with Gasteiger partial charge in [-0.15, -0.1) is 0 Å². The third kappa shape index (κ3) is 4.67. The molecule has 0 saturated heterocycles. The first-order valence-corrected chi connectivity index (χ1v) is 5.83. The number of carbonyl (C=O) groups excluding carboxylic acids is 2. The van der Waals surface area contributed by atoms with Crippen LogP contribution in [0.3, 0.4) is 0 Å². The molecular weight excluding hydrogens is 248 g/mol. The molecule has 0 saturated carbocycles. The number of aliphatic hydroxyl groups is 1. The lowest BCUT2D eigenvalue weighted by atomic mass is 10.1. The quantitative estimate of drug-likeness (QED) is 0.818. The summed E-state index contributed by atoms with van der Waals surface area (Å²) >= 11 is 0. The minimum absolute atomic E-state index is 0.177. The fourth-order valence-corrected chi connectivity index (χ4v) is 1.33. The van der Waals surface area contributed by atoms with Gasteiger partial charge >= 0.3 is 6.09 Å². The third-order valence-corrected chi connectivity index (χ3v) is 2.16. The van der Waals surface area contributed by atoms with Crippen molar-refractivity contribution < 1.29 is 19.4 Å². The number of nitrogens with zero attached hydrogens (tertiary/aromatic N) is 1.